The average molecular weight is 82.1 g/mol. The van der Waals surface area contributed by atoms with Gasteiger partial charge in [-0.1, -0.05) is 0 Å². The molecule has 0 spiro atoms. The standard InChI is InChI=1S/C4H4N2/c1-2-5-4-6-3-1/h1-4H/i4+2. The summed E-state index contributed by atoms with van der Waals surface area (Å²) in [5.41, 5.74) is 0. The largest absolute Gasteiger partial charge is 0.245 e. The van der Waals surface area contributed by atoms with Crippen LogP contribution in [0.15, 0.2) is 24.8 Å². The molecule has 1 aromatic heterocycles. The smallest absolute Gasteiger partial charge is 0.115 e. The van der Waals surface area contributed by atoms with Gasteiger partial charge in [-0.25, -0.2) is 9.97 Å². The van der Waals surface area contributed by atoms with Gasteiger partial charge < -0.3 is 0 Å². The summed E-state index contributed by atoms with van der Waals surface area (Å²) in [6, 6.07) is 1.78. The topological polar surface area (TPSA) is 25.8 Å². The van der Waals surface area contributed by atoms with Crippen molar-refractivity contribution >= 4 is 0 Å². The molecule has 0 aliphatic heterocycles. The third-order valence-electron chi connectivity index (χ3n) is 0.478. The van der Waals surface area contributed by atoms with Crippen LogP contribution in [0.1, 0.15) is 0 Å². The van der Waals surface area contributed by atoms with E-state index in [9.17, 15) is 0 Å². The number of nitrogens with zero attached hydrogens (tertiary/aromatic N) is 2. The zero-order valence-corrected chi connectivity index (χ0v) is 3.20. The van der Waals surface area contributed by atoms with Crippen LogP contribution in [0.3, 0.4) is 0 Å². The van der Waals surface area contributed by atoms with Gasteiger partial charge in [-0.15, -0.1) is 0 Å². The van der Waals surface area contributed by atoms with Crippen molar-refractivity contribution < 1.29 is 0 Å². The van der Waals surface area contributed by atoms with Crippen LogP contribution in [0, 0.1) is 0 Å². The van der Waals surface area contributed by atoms with Crippen molar-refractivity contribution in [2.75, 3.05) is 0 Å². The summed E-state index contributed by atoms with van der Waals surface area (Å²) >= 11 is 0. The highest BCUT2D eigenvalue weighted by molar-refractivity contribution is 4.74. The summed E-state index contributed by atoms with van der Waals surface area (Å²) < 4.78 is 0. The van der Waals surface area contributed by atoms with Crippen LogP contribution in [0.2, 0.25) is 0 Å². The second kappa shape index (κ2) is 1.50. The minimum Gasteiger partial charge on any atom is -0.245 e. The van der Waals surface area contributed by atoms with E-state index in [1.807, 2.05) is 0 Å². The predicted octanol–water partition coefficient (Wildman–Crippen LogP) is 0.477. The first-order chi connectivity index (χ1) is 3.00. The molecule has 0 amide bonds. The molecule has 0 atom stereocenters. The van der Waals surface area contributed by atoms with E-state index in [-0.39, 0.29) is 0 Å². The number of hydrogen-bond acceptors (Lipinski definition) is 2. The average Bonchev–Trinajstić information content (AvgIpc) is 1.72. The van der Waals surface area contributed by atoms with Gasteiger partial charge in [-0.2, -0.15) is 0 Å². The van der Waals surface area contributed by atoms with Gasteiger partial charge in [0, 0.05) is 12.4 Å². The molecular weight excluding hydrogens is 78.1 g/mol. The first kappa shape index (κ1) is 3.28. The summed E-state index contributed by atoms with van der Waals surface area (Å²) in [4.78, 5) is 7.35. The van der Waals surface area contributed by atoms with Crippen molar-refractivity contribution in [1.82, 2.24) is 9.97 Å². The lowest BCUT2D eigenvalue weighted by atomic mass is 10.7. The maximum absolute atomic E-state index is 3.67. The van der Waals surface area contributed by atoms with E-state index in [1.54, 1.807) is 18.5 Å². The Morgan fingerprint density at radius 3 is 2.00 bits per heavy atom. The Hall–Kier alpha value is -0.920. The van der Waals surface area contributed by atoms with Crippen molar-refractivity contribution in [2.24, 2.45) is 0 Å². The summed E-state index contributed by atoms with van der Waals surface area (Å²) in [5, 5.41) is 0. The van der Waals surface area contributed by atoms with Gasteiger partial charge >= 0.3 is 0 Å². The zero-order valence-electron chi connectivity index (χ0n) is 3.20. The summed E-state index contributed by atoms with van der Waals surface area (Å²) in [5.74, 6) is 0. The van der Waals surface area contributed by atoms with Crippen molar-refractivity contribution in [1.29, 1.82) is 0 Å². The second-order valence-corrected chi connectivity index (χ2v) is 0.904. The minimum atomic E-state index is 1.50. The Balaban J connectivity index is 3.00. The molecule has 1 rings (SSSR count). The zero-order chi connectivity index (χ0) is 4.24. The number of aromatic nitrogens is 2. The molecule has 1 heterocycles. The summed E-state index contributed by atoms with van der Waals surface area (Å²) in [6.07, 6.45) is 4.88. The lowest BCUT2D eigenvalue weighted by molar-refractivity contribution is 1.17. The number of rotatable bonds is 0. The molecule has 2 nitrogen and oxygen atoms in total. The van der Waals surface area contributed by atoms with Crippen LogP contribution < -0.4 is 0 Å². The second-order valence-electron chi connectivity index (χ2n) is 0.904. The van der Waals surface area contributed by atoms with Crippen molar-refractivity contribution in [3.05, 3.63) is 24.8 Å². The van der Waals surface area contributed by atoms with Gasteiger partial charge in [-0.3, -0.25) is 0 Å². The first-order valence-electron chi connectivity index (χ1n) is 1.70. The number of hydrogen-bond donors (Lipinski definition) is 0. The van der Waals surface area contributed by atoms with Crippen molar-refractivity contribution in [2.45, 2.75) is 0 Å². The molecular formula is C4H4N2. The maximum atomic E-state index is 3.67. The molecule has 30 valence electrons. The molecule has 0 radical (unpaired) electrons. The quantitative estimate of drug-likeness (QED) is 0.454. The van der Waals surface area contributed by atoms with Crippen LogP contribution in [0.25, 0.3) is 0 Å². The van der Waals surface area contributed by atoms with Crippen LogP contribution in [0.4, 0.5) is 0 Å². The van der Waals surface area contributed by atoms with E-state index in [2.05, 4.69) is 9.97 Å². The monoisotopic (exact) mass is 82.0 g/mol. The van der Waals surface area contributed by atoms with Crippen LogP contribution >= 0.6 is 0 Å². The molecule has 6 heavy (non-hydrogen) atoms. The van der Waals surface area contributed by atoms with E-state index in [0.29, 0.717) is 0 Å². The van der Waals surface area contributed by atoms with E-state index >= 15 is 0 Å². The molecule has 0 unspecified atom stereocenters. The molecule has 0 aliphatic rings. The van der Waals surface area contributed by atoms with E-state index in [1.165, 1.54) is 6.33 Å². The molecule has 0 N–H and O–H groups in total. The van der Waals surface area contributed by atoms with Gasteiger partial charge in [0.1, 0.15) is 6.33 Å². The SMILES string of the molecule is c1cn[14cH]nc1. The highest BCUT2D eigenvalue weighted by atomic mass is 15.3. The molecule has 2 heteroatoms. The summed E-state index contributed by atoms with van der Waals surface area (Å²) in [7, 11) is 0. The molecule has 0 aliphatic carbocycles. The molecule has 0 bridgehead atoms. The van der Waals surface area contributed by atoms with E-state index in [0.717, 1.165) is 0 Å². The Morgan fingerprint density at radius 2 is 1.83 bits per heavy atom. The fraction of sp³-hybridized carbons (Fsp3) is 0. The fourth-order valence-electron chi connectivity index (χ4n) is 0.253. The Morgan fingerprint density at radius 1 is 1.17 bits per heavy atom. The van der Waals surface area contributed by atoms with Gasteiger partial charge in [-0.05, 0) is 6.07 Å². The Labute approximate surface area is 35.9 Å². The van der Waals surface area contributed by atoms with Crippen LogP contribution in [0.5, 0.6) is 0 Å². The minimum absolute atomic E-state index is 1.50. The first-order valence-corrected chi connectivity index (χ1v) is 1.70. The molecule has 0 saturated carbocycles. The Kier molecular flexibility index (Phi) is 0.819. The molecule has 1 aromatic rings. The third kappa shape index (κ3) is 0.516. The summed E-state index contributed by atoms with van der Waals surface area (Å²) in [6.45, 7) is 0. The van der Waals surface area contributed by atoms with Gasteiger partial charge in [0.25, 0.3) is 0 Å². The Bertz CT molecular complexity index is 77.5. The van der Waals surface area contributed by atoms with Gasteiger partial charge in [0.15, 0.2) is 0 Å². The van der Waals surface area contributed by atoms with Crippen LogP contribution in [-0.4, -0.2) is 9.97 Å². The molecule has 0 saturated heterocycles. The highest BCUT2D eigenvalue weighted by Gasteiger charge is 1.59. The lowest BCUT2D eigenvalue weighted by Crippen LogP contribution is -1.66. The van der Waals surface area contributed by atoms with Crippen molar-refractivity contribution in [3.63, 3.8) is 0 Å². The van der Waals surface area contributed by atoms with Crippen LogP contribution in [-0.2, 0) is 0 Å². The highest BCUT2D eigenvalue weighted by Crippen LogP contribution is 1.66. The maximum Gasteiger partial charge on any atom is 0.115 e. The van der Waals surface area contributed by atoms with Gasteiger partial charge in [0.2, 0.25) is 0 Å². The molecule has 0 fully saturated rings. The van der Waals surface area contributed by atoms with Crippen molar-refractivity contribution in [3.8, 4) is 0 Å². The fourth-order valence-corrected chi connectivity index (χ4v) is 0.253. The third-order valence-corrected chi connectivity index (χ3v) is 0.478. The van der Waals surface area contributed by atoms with E-state index in [4.69, 9.17) is 0 Å². The van der Waals surface area contributed by atoms with E-state index < -0.39 is 0 Å². The predicted molar refractivity (Wildman–Crippen MR) is 22.0 cm³/mol. The normalized spacial score (nSPS) is 8.00. The molecule has 0 aromatic carbocycles. The van der Waals surface area contributed by atoms with Gasteiger partial charge in [0.05, 0.1) is 0 Å². The lowest BCUT2D eigenvalue weighted by Gasteiger charge is -1.70.